The fraction of sp³-hybridized carbons (Fsp3) is 0.333. The molecular formula is C3H11BaClLiNO4. The van der Waals surface area contributed by atoms with Crippen LogP contribution in [0.25, 0.3) is 0 Å². The van der Waals surface area contributed by atoms with Crippen molar-refractivity contribution in [3.63, 3.8) is 0 Å². The molecular weight excluding hydrogens is 294 g/mol. The second-order valence-corrected chi connectivity index (χ2v) is 0.655. The van der Waals surface area contributed by atoms with E-state index < -0.39 is 5.97 Å². The number of rotatable bonds is 0. The van der Waals surface area contributed by atoms with Crippen LogP contribution in [-0.2, 0) is 9.59 Å². The number of hydrogen-bond donors (Lipinski definition) is 3. The molecule has 0 unspecified atom stereocenters. The quantitative estimate of drug-likeness (QED) is 0.348. The molecule has 0 aliphatic heterocycles. The topological polar surface area (TPSA) is 101 Å². The van der Waals surface area contributed by atoms with Crippen LogP contribution in [0.3, 0.4) is 0 Å². The second kappa shape index (κ2) is 42.4. The van der Waals surface area contributed by atoms with Crippen LogP contribution in [0.15, 0.2) is 0 Å². The predicted molar refractivity (Wildman–Crippen MR) is 47.3 cm³/mol. The fourth-order valence-electron chi connectivity index (χ4n) is 0. The molecule has 0 aliphatic rings. The van der Waals surface area contributed by atoms with Crippen molar-refractivity contribution in [2.75, 3.05) is 0 Å². The van der Waals surface area contributed by atoms with Gasteiger partial charge in [-0.05, 0) is 0 Å². The molecule has 8 heteroatoms. The molecule has 1 amide bonds. The van der Waals surface area contributed by atoms with Crippen LogP contribution in [0.1, 0.15) is 6.92 Å². The Hall–Kier alpha value is 1.36. The number of carbonyl (C=O) groups is 2. The number of primary amides is 1. The predicted octanol–water partition coefficient (Wildman–Crippen LogP) is -2.24. The Bertz CT molecular complexity index is 72.4. The number of carboxylic acid groups (broad SMARTS) is 1. The van der Waals surface area contributed by atoms with E-state index >= 15 is 0 Å². The van der Waals surface area contributed by atoms with Crippen LogP contribution < -0.4 is 5.73 Å². The minimum absolute atomic E-state index is 0. The van der Waals surface area contributed by atoms with Gasteiger partial charge in [0.2, 0.25) is 6.41 Å². The molecule has 0 atom stereocenters. The van der Waals surface area contributed by atoms with Gasteiger partial charge < -0.3 is 10.8 Å². The molecule has 0 heterocycles. The van der Waals surface area contributed by atoms with Crippen LogP contribution >= 0.6 is 11.9 Å². The van der Waals surface area contributed by atoms with Gasteiger partial charge in [0.15, 0.2) is 0 Å². The third-order valence-electron chi connectivity index (χ3n) is 0. The summed E-state index contributed by atoms with van der Waals surface area (Å²) in [5, 5.41) is 7.42. The van der Waals surface area contributed by atoms with Crippen molar-refractivity contribution < 1.29 is 19.4 Å². The first-order valence-corrected chi connectivity index (χ1v) is 2.00. The summed E-state index contributed by atoms with van der Waals surface area (Å²) in [6.07, 6.45) is 0.250. The number of carbonyl (C=O) groups excluding carboxylic acids is 1. The average Bonchev–Trinajstić information content (AvgIpc) is 1.71. The zero-order valence-corrected chi connectivity index (χ0v) is 5.50. The summed E-state index contributed by atoms with van der Waals surface area (Å²) in [6.45, 7) is 1.08. The molecule has 0 aromatic heterocycles. The van der Waals surface area contributed by atoms with Crippen LogP contribution in [0.4, 0.5) is 0 Å². The van der Waals surface area contributed by atoms with Gasteiger partial charge in [-0.15, -0.1) is 0 Å². The van der Waals surface area contributed by atoms with E-state index in [0.717, 1.165) is 6.92 Å². The number of nitrogens with two attached hydrogens (primary N) is 1. The third kappa shape index (κ3) is 539. The van der Waals surface area contributed by atoms with Gasteiger partial charge in [0.05, 0.1) is 11.9 Å². The number of aliphatic carboxylic acids is 1. The van der Waals surface area contributed by atoms with E-state index in [2.05, 4.69) is 17.6 Å². The molecule has 0 aromatic rings. The van der Waals surface area contributed by atoms with Crippen molar-refractivity contribution in [2.24, 2.45) is 5.73 Å². The van der Waals surface area contributed by atoms with E-state index in [1.165, 1.54) is 0 Å². The van der Waals surface area contributed by atoms with Crippen LogP contribution in [0, 0.1) is 0 Å². The van der Waals surface area contributed by atoms with E-state index in [1.807, 2.05) is 0 Å². The molecule has 0 aromatic carbocycles. The van der Waals surface area contributed by atoms with Crippen molar-refractivity contribution in [3.8, 4) is 0 Å². The van der Waals surface area contributed by atoms with Crippen LogP contribution in [0.5, 0.6) is 0 Å². The molecule has 0 saturated heterocycles. The summed E-state index contributed by atoms with van der Waals surface area (Å²) in [6, 6.07) is 0. The van der Waals surface area contributed by atoms with Crippen LogP contribution in [0.2, 0.25) is 0 Å². The Balaban J connectivity index is -0.0000000158. The van der Waals surface area contributed by atoms with E-state index in [-0.39, 0.29) is 74.2 Å². The summed E-state index contributed by atoms with van der Waals surface area (Å²) in [7, 11) is 0. The van der Waals surface area contributed by atoms with E-state index in [1.54, 1.807) is 0 Å². The Labute approximate surface area is 122 Å². The summed E-state index contributed by atoms with van der Waals surface area (Å²) < 4.78 is 6.47. The molecule has 62 valence electrons. The molecule has 0 spiro atoms. The fourth-order valence-corrected chi connectivity index (χ4v) is 0. The SMILES string of the molecule is CC(=O)O.NC=O.OCl.[BaH2].[LiH]. The summed E-state index contributed by atoms with van der Waals surface area (Å²) in [5.41, 5.74) is 4.17. The molecule has 4 N–H and O–H groups in total. The van der Waals surface area contributed by atoms with Gasteiger partial charge in [-0.1, -0.05) is 0 Å². The Kier molecular flexibility index (Phi) is 114. The van der Waals surface area contributed by atoms with Crippen molar-refractivity contribution in [3.05, 3.63) is 0 Å². The van der Waals surface area contributed by atoms with Gasteiger partial charge in [0, 0.05) is 6.92 Å². The van der Waals surface area contributed by atoms with Crippen molar-refractivity contribution in [1.82, 2.24) is 0 Å². The Morgan fingerprint density at radius 2 is 1.55 bits per heavy atom. The maximum atomic E-state index is 9.00. The van der Waals surface area contributed by atoms with Crippen molar-refractivity contribution >= 4 is 92.0 Å². The zero-order valence-electron chi connectivity index (χ0n) is 4.74. The van der Waals surface area contributed by atoms with Crippen molar-refractivity contribution in [1.29, 1.82) is 0 Å². The number of hydrogen-bond acceptors (Lipinski definition) is 3. The van der Waals surface area contributed by atoms with E-state index in [0.29, 0.717) is 0 Å². The molecule has 5 nitrogen and oxygen atoms in total. The monoisotopic (exact) mass is 305 g/mol. The maximum absolute atomic E-state index is 9.00. The summed E-state index contributed by atoms with van der Waals surface area (Å²) in [4.78, 5) is 17.6. The number of amides is 1. The Morgan fingerprint density at radius 1 is 1.55 bits per heavy atom. The molecule has 11 heavy (non-hydrogen) atoms. The van der Waals surface area contributed by atoms with Crippen LogP contribution in [-0.4, -0.2) is 89.9 Å². The summed E-state index contributed by atoms with van der Waals surface area (Å²) in [5.74, 6) is -0.833. The third-order valence-corrected chi connectivity index (χ3v) is 0. The second-order valence-electron chi connectivity index (χ2n) is 0.655. The standard InChI is InChI=1S/C2H4O2.CH3NO.Ba.ClHO.Li.3H/c1-2(3)4;2-1-3;;1-2;;;;/h1H3,(H,3,4);1H,(H2,2,3);;2H;;;;. The minimum atomic E-state index is -0.833. The van der Waals surface area contributed by atoms with Gasteiger partial charge >= 0.3 is 67.7 Å². The molecule has 0 rings (SSSR count). The van der Waals surface area contributed by atoms with E-state index in [9.17, 15) is 0 Å². The van der Waals surface area contributed by atoms with Gasteiger partial charge in [-0.25, -0.2) is 0 Å². The number of halogens is 1. The first kappa shape index (κ1) is 29.4. The first-order valence-electron chi connectivity index (χ1n) is 1.67. The average molecular weight is 305 g/mol. The van der Waals surface area contributed by atoms with Crippen molar-refractivity contribution in [2.45, 2.75) is 6.92 Å². The zero-order chi connectivity index (χ0) is 8.28. The molecule has 0 fully saturated rings. The Morgan fingerprint density at radius 3 is 1.55 bits per heavy atom. The number of carboxylic acids is 1. The van der Waals surface area contributed by atoms with Gasteiger partial charge in [0.1, 0.15) is 0 Å². The molecule has 0 radical (unpaired) electrons. The summed E-state index contributed by atoms with van der Waals surface area (Å²) >= 11 is 3.64. The first-order chi connectivity index (χ1) is 4.15. The molecule has 0 aliphatic carbocycles. The van der Waals surface area contributed by atoms with Gasteiger partial charge in [-0.2, -0.15) is 0 Å². The van der Waals surface area contributed by atoms with Gasteiger partial charge in [0.25, 0.3) is 5.97 Å². The van der Waals surface area contributed by atoms with Gasteiger partial charge in [-0.3, -0.25) is 14.2 Å². The molecule has 0 saturated carbocycles. The molecule has 0 bridgehead atoms. The van der Waals surface area contributed by atoms with E-state index in [4.69, 9.17) is 19.4 Å². The normalized spacial score (nSPS) is 3.91.